The van der Waals surface area contributed by atoms with Gasteiger partial charge >= 0.3 is 0 Å². The molecule has 0 aliphatic carbocycles. The minimum atomic E-state index is 0.0608. The van der Waals surface area contributed by atoms with Gasteiger partial charge in [-0.2, -0.15) is 0 Å². The van der Waals surface area contributed by atoms with Gasteiger partial charge in [-0.25, -0.2) is 4.98 Å². The van der Waals surface area contributed by atoms with E-state index in [2.05, 4.69) is 17.2 Å². The Morgan fingerprint density at radius 1 is 1.56 bits per heavy atom. The van der Waals surface area contributed by atoms with E-state index in [9.17, 15) is 4.79 Å². The van der Waals surface area contributed by atoms with Gasteiger partial charge in [0.25, 0.3) is 5.91 Å². The van der Waals surface area contributed by atoms with E-state index in [0.29, 0.717) is 11.6 Å². The lowest BCUT2D eigenvalue weighted by molar-refractivity contribution is 0.0781. The average molecular weight is 247 g/mol. The molecule has 0 aromatic carbocycles. The van der Waals surface area contributed by atoms with Gasteiger partial charge in [0.15, 0.2) is 0 Å². The number of pyridine rings is 1. The van der Waals surface area contributed by atoms with Gasteiger partial charge in [0, 0.05) is 20.1 Å². The van der Waals surface area contributed by atoms with Crippen molar-refractivity contribution in [2.24, 2.45) is 5.92 Å². The second kappa shape index (κ2) is 5.85. The van der Waals surface area contributed by atoms with Crippen molar-refractivity contribution >= 4 is 11.7 Å². The lowest BCUT2D eigenvalue weighted by Gasteiger charge is -2.16. The highest BCUT2D eigenvalue weighted by molar-refractivity contribution is 5.92. The first-order valence-corrected chi connectivity index (χ1v) is 6.68. The molecule has 4 nitrogen and oxygen atoms in total. The van der Waals surface area contributed by atoms with Crippen LogP contribution in [-0.2, 0) is 0 Å². The first kappa shape index (κ1) is 12.9. The van der Waals surface area contributed by atoms with Crippen LogP contribution in [0, 0.1) is 5.92 Å². The number of carbonyl (C=O) groups excluding carboxylic acids is 1. The maximum absolute atomic E-state index is 12.3. The standard InChI is InChI=1S/C14H21N3O/c1-3-5-11-8-9-17(10-11)14(18)12-6-4-7-13(15-2)16-12/h4,6-7,11H,3,5,8-10H2,1-2H3,(H,15,16). The highest BCUT2D eigenvalue weighted by Crippen LogP contribution is 2.22. The SMILES string of the molecule is CCCC1CCN(C(=O)c2cccc(NC)n2)C1. The molecule has 1 unspecified atom stereocenters. The lowest BCUT2D eigenvalue weighted by atomic mass is 10.0. The Morgan fingerprint density at radius 2 is 2.39 bits per heavy atom. The summed E-state index contributed by atoms with van der Waals surface area (Å²) in [5, 5.41) is 2.96. The van der Waals surface area contributed by atoms with Gasteiger partial charge in [-0.1, -0.05) is 19.4 Å². The van der Waals surface area contributed by atoms with Gasteiger partial charge in [0.2, 0.25) is 0 Å². The normalized spacial score (nSPS) is 19.0. The number of hydrogen-bond donors (Lipinski definition) is 1. The van der Waals surface area contributed by atoms with Crippen molar-refractivity contribution in [3.63, 3.8) is 0 Å². The molecule has 18 heavy (non-hydrogen) atoms. The van der Waals surface area contributed by atoms with Crippen molar-refractivity contribution in [3.05, 3.63) is 23.9 Å². The molecule has 1 aliphatic rings. The first-order chi connectivity index (χ1) is 8.74. The topological polar surface area (TPSA) is 45.2 Å². The van der Waals surface area contributed by atoms with Crippen LogP contribution in [0.4, 0.5) is 5.82 Å². The van der Waals surface area contributed by atoms with Crippen LogP contribution in [0.3, 0.4) is 0 Å². The Morgan fingerprint density at radius 3 is 3.11 bits per heavy atom. The summed E-state index contributed by atoms with van der Waals surface area (Å²) in [5.41, 5.74) is 0.541. The van der Waals surface area contributed by atoms with Crippen LogP contribution < -0.4 is 5.32 Å². The molecule has 1 fully saturated rings. The molecular weight excluding hydrogens is 226 g/mol. The summed E-state index contributed by atoms with van der Waals surface area (Å²) in [5.74, 6) is 1.47. The molecule has 0 saturated carbocycles. The van der Waals surface area contributed by atoms with E-state index in [0.717, 1.165) is 25.3 Å². The second-order valence-corrected chi connectivity index (χ2v) is 4.85. The third kappa shape index (κ3) is 2.81. The molecule has 1 N–H and O–H groups in total. The fourth-order valence-corrected chi connectivity index (χ4v) is 2.52. The molecular formula is C14H21N3O. The van der Waals surface area contributed by atoms with Gasteiger partial charge in [-0.3, -0.25) is 4.79 Å². The molecule has 1 aliphatic heterocycles. The highest BCUT2D eigenvalue weighted by Gasteiger charge is 2.26. The Kier molecular flexibility index (Phi) is 4.18. The van der Waals surface area contributed by atoms with E-state index >= 15 is 0 Å². The molecule has 1 aromatic heterocycles. The quantitative estimate of drug-likeness (QED) is 0.888. The summed E-state index contributed by atoms with van der Waals surface area (Å²) in [7, 11) is 1.81. The maximum Gasteiger partial charge on any atom is 0.272 e. The lowest BCUT2D eigenvalue weighted by Crippen LogP contribution is -2.29. The molecule has 1 amide bonds. The van der Waals surface area contributed by atoms with Crippen LogP contribution in [0.25, 0.3) is 0 Å². The minimum Gasteiger partial charge on any atom is -0.373 e. The molecule has 1 saturated heterocycles. The van der Waals surface area contributed by atoms with Crippen LogP contribution in [-0.4, -0.2) is 35.9 Å². The molecule has 0 radical (unpaired) electrons. The average Bonchev–Trinajstić information content (AvgIpc) is 2.87. The summed E-state index contributed by atoms with van der Waals surface area (Å²) >= 11 is 0. The monoisotopic (exact) mass is 247 g/mol. The summed E-state index contributed by atoms with van der Waals surface area (Å²) in [6, 6.07) is 5.52. The molecule has 1 aromatic rings. The number of hydrogen-bond acceptors (Lipinski definition) is 3. The van der Waals surface area contributed by atoms with Gasteiger partial charge < -0.3 is 10.2 Å². The van der Waals surface area contributed by atoms with Crippen molar-refractivity contribution in [2.75, 3.05) is 25.5 Å². The summed E-state index contributed by atoms with van der Waals surface area (Å²) < 4.78 is 0. The molecule has 1 atom stereocenters. The van der Waals surface area contributed by atoms with E-state index in [1.807, 2.05) is 24.1 Å². The molecule has 98 valence electrons. The Labute approximate surface area is 108 Å². The van der Waals surface area contributed by atoms with Crippen LogP contribution in [0.15, 0.2) is 18.2 Å². The Balaban J connectivity index is 2.03. The summed E-state index contributed by atoms with van der Waals surface area (Å²) in [6.07, 6.45) is 3.54. The van der Waals surface area contributed by atoms with Crippen molar-refractivity contribution in [1.82, 2.24) is 9.88 Å². The number of rotatable bonds is 4. The van der Waals surface area contributed by atoms with Crippen molar-refractivity contribution in [3.8, 4) is 0 Å². The molecule has 4 heteroatoms. The molecule has 2 heterocycles. The van der Waals surface area contributed by atoms with Crippen molar-refractivity contribution in [1.29, 1.82) is 0 Å². The summed E-state index contributed by atoms with van der Waals surface area (Å²) in [4.78, 5) is 18.5. The van der Waals surface area contributed by atoms with Crippen LogP contribution >= 0.6 is 0 Å². The highest BCUT2D eigenvalue weighted by atomic mass is 16.2. The fraction of sp³-hybridized carbons (Fsp3) is 0.571. The summed E-state index contributed by atoms with van der Waals surface area (Å²) in [6.45, 7) is 3.95. The largest absolute Gasteiger partial charge is 0.373 e. The third-order valence-electron chi connectivity index (χ3n) is 3.49. The zero-order chi connectivity index (χ0) is 13.0. The van der Waals surface area contributed by atoms with Crippen LogP contribution in [0.5, 0.6) is 0 Å². The number of likely N-dealkylation sites (tertiary alicyclic amines) is 1. The smallest absolute Gasteiger partial charge is 0.272 e. The van der Waals surface area contributed by atoms with Crippen LogP contribution in [0.2, 0.25) is 0 Å². The predicted molar refractivity (Wildman–Crippen MR) is 72.7 cm³/mol. The van der Waals surface area contributed by atoms with Gasteiger partial charge in [0.05, 0.1) is 0 Å². The Bertz CT molecular complexity index is 419. The second-order valence-electron chi connectivity index (χ2n) is 4.85. The third-order valence-corrected chi connectivity index (χ3v) is 3.49. The first-order valence-electron chi connectivity index (χ1n) is 6.68. The van der Waals surface area contributed by atoms with Gasteiger partial charge in [-0.05, 0) is 30.9 Å². The zero-order valence-corrected chi connectivity index (χ0v) is 11.1. The van der Waals surface area contributed by atoms with E-state index in [4.69, 9.17) is 0 Å². The predicted octanol–water partition coefficient (Wildman–Crippen LogP) is 2.39. The minimum absolute atomic E-state index is 0.0608. The molecule has 0 spiro atoms. The van der Waals surface area contributed by atoms with E-state index in [-0.39, 0.29) is 5.91 Å². The fourth-order valence-electron chi connectivity index (χ4n) is 2.52. The zero-order valence-electron chi connectivity index (χ0n) is 11.1. The Hall–Kier alpha value is -1.58. The van der Waals surface area contributed by atoms with Crippen molar-refractivity contribution < 1.29 is 4.79 Å². The number of aromatic nitrogens is 1. The van der Waals surface area contributed by atoms with Gasteiger partial charge in [0.1, 0.15) is 11.5 Å². The van der Waals surface area contributed by atoms with E-state index in [1.165, 1.54) is 12.8 Å². The maximum atomic E-state index is 12.3. The van der Waals surface area contributed by atoms with E-state index in [1.54, 1.807) is 6.07 Å². The molecule has 0 bridgehead atoms. The van der Waals surface area contributed by atoms with Crippen molar-refractivity contribution in [2.45, 2.75) is 26.2 Å². The number of anilines is 1. The number of nitrogens with one attached hydrogen (secondary N) is 1. The van der Waals surface area contributed by atoms with Gasteiger partial charge in [-0.15, -0.1) is 0 Å². The molecule has 2 rings (SSSR count). The number of nitrogens with zero attached hydrogens (tertiary/aromatic N) is 2. The number of carbonyl (C=O) groups is 1. The van der Waals surface area contributed by atoms with Crippen LogP contribution in [0.1, 0.15) is 36.7 Å². The van der Waals surface area contributed by atoms with E-state index < -0.39 is 0 Å². The number of amides is 1.